The van der Waals surface area contributed by atoms with Gasteiger partial charge in [0.1, 0.15) is 10.6 Å². The third-order valence-corrected chi connectivity index (χ3v) is 3.94. The van der Waals surface area contributed by atoms with Crippen LogP contribution in [0.4, 0.5) is 11.8 Å². The van der Waals surface area contributed by atoms with Crippen molar-refractivity contribution in [1.82, 2.24) is 9.97 Å². The molecule has 0 aliphatic carbocycles. The van der Waals surface area contributed by atoms with Crippen molar-refractivity contribution in [2.75, 3.05) is 17.4 Å². The molecule has 18 heavy (non-hydrogen) atoms. The first-order valence-electron chi connectivity index (χ1n) is 6.12. The summed E-state index contributed by atoms with van der Waals surface area (Å²) in [5.41, 5.74) is 2.53. The SMILES string of the molecule is CCCC(C)N(C)c1nc(NN)nc2sccc12. The molecule has 2 aromatic rings. The van der Waals surface area contributed by atoms with Crippen molar-refractivity contribution >= 4 is 33.3 Å². The monoisotopic (exact) mass is 265 g/mol. The van der Waals surface area contributed by atoms with Crippen molar-refractivity contribution in [2.45, 2.75) is 32.7 Å². The van der Waals surface area contributed by atoms with Crippen LogP contribution < -0.4 is 16.2 Å². The zero-order chi connectivity index (χ0) is 13.1. The lowest BCUT2D eigenvalue weighted by Crippen LogP contribution is -2.30. The Morgan fingerprint density at radius 1 is 1.50 bits per heavy atom. The number of thiophene rings is 1. The molecule has 2 aromatic heterocycles. The Morgan fingerprint density at radius 3 is 2.94 bits per heavy atom. The second-order valence-electron chi connectivity index (χ2n) is 4.40. The molecule has 0 bridgehead atoms. The normalized spacial score (nSPS) is 12.7. The highest BCUT2D eigenvalue weighted by molar-refractivity contribution is 7.16. The minimum absolute atomic E-state index is 0.443. The zero-order valence-electron chi connectivity index (χ0n) is 11.0. The minimum atomic E-state index is 0.443. The lowest BCUT2D eigenvalue weighted by atomic mass is 10.1. The van der Waals surface area contributed by atoms with Crippen molar-refractivity contribution in [3.8, 4) is 0 Å². The van der Waals surface area contributed by atoms with Crippen molar-refractivity contribution in [3.05, 3.63) is 11.4 Å². The van der Waals surface area contributed by atoms with Crippen molar-refractivity contribution in [2.24, 2.45) is 5.84 Å². The first-order valence-corrected chi connectivity index (χ1v) is 7.00. The van der Waals surface area contributed by atoms with E-state index in [1.165, 1.54) is 0 Å². The molecule has 0 aliphatic heterocycles. The largest absolute Gasteiger partial charge is 0.356 e. The van der Waals surface area contributed by atoms with Crippen LogP contribution >= 0.6 is 11.3 Å². The Hall–Kier alpha value is -1.40. The topological polar surface area (TPSA) is 67.1 Å². The average molecular weight is 265 g/mol. The van der Waals surface area contributed by atoms with Gasteiger partial charge < -0.3 is 4.90 Å². The van der Waals surface area contributed by atoms with E-state index < -0.39 is 0 Å². The fraction of sp³-hybridized carbons (Fsp3) is 0.500. The highest BCUT2D eigenvalue weighted by Gasteiger charge is 2.16. The Bertz CT molecular complexity index is 524. The third-order valence-electron chi connectivity index (χ3n) is 3.14. The van der Waals surface area contributed by atoms with Gasteiger partial charge in [0.05, 0.1) is 5.39 Å². The molecule has 2 rings (SSSR count). The average Bonchev–Trinajstić information content (AvgIpc) is 2.84. The first kappa shape index (κ1) is 13.0. The lowest BCUT2D eigenvalue weighted by molar-refractivity contribution is 0.612. The van der Waals surface area contributed by atoms with E-state index in [2.05, 4.69) is 47.3 Å². The van der Waals surface area contributed by atoms with Gasteiger partial charge in [0.25, 0.3) is 0 Å². The molecular weight excluding hydrogens is 246 g/mol. The maximum absolute atomic E-state index is 5.42. The molecule has 0 fully saturated rings. The standard InChI is InChI=1S/C12H19N5S/c1-4-5-8(2)17(3)10-9-6-7-18-11(9)15-12(14-10)16-13/h6-8H,4-5,13H2,1-3H3,(H,14,15,16). The van der Waals surface area contributed by atoms with Gasteiger partial charge in [-0.2, -0.15) is 4.98 Å². The maximum atomic E-state index is 5.42. The second-order valence-corrected chi connectivity index (χ2v) is 5.30. The summed E-state index contributed by atoms with van der Waals surface area (Å²) in [6.45, 7) is 4.40. The molecule has 0 amide bonds. The lowest BCUT2D eigenvalue weighted by Gasteiger charge is -2.26. The van der Waals surface area contributed by atoms with Crippen LogP contribution in [0, 0.1) is 0 Å². The maximum Gasteiger partial charge on any atom is 0.240 e. The van der Waals surface area contributed by atoms with Gasteiger partial charge in [0.2, 0.25) is 5.95 Å². The van der Waals surface area contributed by atoms with Crippen molar-refractivity contribution in [1.29, 1.82) is 0 Å². The molecule has 0 radical (unpaired) electrons. The number of hydrogen-bond acceptors (Lipinski definition) is 6. The highest BCUT2D eigenvalue weighted by Crippen LogP contribution is 2.29. The number of anilines is 2. The molecule has 98 valence electrons. The molecule has 2 heterocycles. The molecule has 0 saturated carbocycles. The van der Waals surface area contributed by atoms with E-state index >= 15 is 0 Å². The number of hydrazine groups is 1. The van der Waals surface area contributed by atoms with E-state index in [1.54, 1.807) is 11.3 Å². The molecule has 6 heteroatoms. The van der Waals surface area contributed by atoms with E-state index in [-0.39, 0.29) is 0 Å². The number of nitrogens with zero attached hydrogens (tertiary/aromatic N) is 3. The van der Waals surface area contributed by atoms with E-state index in [0.29, 0.717) is 12.0 Å². The van der Waals surface area contributed by atoms with Gasteiger partial charge in [-0.05, 0) is 24.8 Å². The van der Waals surface area contributed by atoms with Crippen LogP contribution in [0.1, 0.15) is 26.7 Å². The van der Waals surface area contributed by atoms with Gasteiger partial charge in [-0.3, -0.25) is 5.43 Å². The van der Waals surface area contributed by atoms with Crippen LogP contribution in [0.3, 0.4) is 0 Å². The fourth-order valence-electron chi connectivity index (χ4n) is 1.99. The van der Waals surface area contributed by atoms with E-state index in [4.69, 9.17) is 5.84 Å². The Labute approximate surface area is 111 Å². The number of nitrogens with one attached hydrogen (secondary N) is 1. The molecule has 1 atom stereocenters. The summed E-state index contributed by atoms with van der Waals surface area (Å²) < 4.78 is 0. The molecule has 0 aliphatic rings. The first-order chi connectivity index (χ1) is 8.67. The van der Waals surface area contributed by atoms with Crippen molar-refractivity contribution < 1.29 is 0 Å². The minimum Gasteiger partial charge on any atom is -0.356 e. The number of rotatable bonds is 5. The smallest absolute Gasteiger partial charge is 0.240 e. The predicted octanol–water partition coefficient (Wildman–Crippen LogP) is 2.60. The number of nitrogens with two attached hydrogens (primary N) is 1. The number of hydrogen-bond donors (Lipinski definition) is 2. The summed E-state index contributed by atoms with van der Waals surface area (Å²) in [6, 6.07) is 2.50. The van der Waals surface area contributed by atoms with Crippen LogP contribution in [0.15, 0.2) is 11.4 Å². The van der Waals surface area contributed by atoms with E-state index in [1.807, 2.05) is 5.38 Å². The number of nitrogen functional groups attached to an aromatic ring is 1. The van der Waals surface area contributed by atoms with Gasteiger partial charge in [-0.1, -0.05) is 13.3 Å². The summed E-state index contributed by atoms with van der Waals surface area (Å²) in [7, 11) is 2.07. The van der Waals surface area contributed by atoms with Gasteiger partial charge in [-0.25, -0.2) is 10.8 Å². The zero-order valence-corrected chi connectivity index (χ0v) is 11.8. The summed E-state index contributed by atoms with van der Waals surface area (Å²) in [6.07, 6.45) is 2.29. The molecule has 0 spiro atoms. The molecule has 1 unspecified atom stereocenters. The summed E-state index contributed by atoms with van der Waals surface area (Å²) in [4.78, 5) is 12.0. The van der Waals surface area contributed by atoms with Gasteiger partial charge in [0, 0.05) is 13.1 Å². The number of aromatic nitrogens is 2. The van der Waals surface area contributed by atoms with Crippen LogP contribution in [-0.4, -0.2) is 23.1 Å². The third kappa shape index (κ3) is 2.39. The Kier molecular flexibility index (Phi) is 3.98. The highest BCUT2D eigenvalue weighted by atomic mass is 32.1. The van der Waals surface area contributed by atoms with Crippen LogP contribution in [0.5, 0.6) is 0 Å². The molecular formula is C12H19N5S. The summed E-state index contributed by atoms with van der Waals surface area (Å²) in [5, 5.41) is 3.12. The van der Waals surface area contributed by atoms with Crippen LogP contribution in [0.25, 0.3) is 10.2 Å². The quantitative estimate of drug-likeness (QED) is 0.642. The van der Waals surface area contributed by atoms with Gasteiger partial charge in [0.15, 0.2) is 0 Å². The summed E-state index contributed by atoms with van der Waals surface area (Å²) >= 11 is 1.60. The molecule has 0 aromatic carbocycles. The second kappa shape index (κ2) is 5.49. The number of fused-ring (bicyclic) bond motifs is 1. The summed E-state index contributed by atoms with van der Waals surface area (Å²) in [5.74, 6) is 6.83. The Balaban J connectivity index is 2.44. The predicted molar refractivity (Wildman–Crippen MR) is 78.0 cm³/mol. The fourth-order valence-corrected chi connectivity index (χ4v) is 2.75. The molecule has 5 nitrogen and oxygen atoms in total. The van der Waals surface area contributed by atoms with Gasteiger partial charge in [-0.15, -0.1) is 11.3 Å². The van der Waals surface area contributed by atoms with E-state index in [0.717, 1.165) is 28.9 Å². The van der Waals surface area contributed by atoms with E-state index in [9.17, 15) is 0 Å². The molecule has 0 saturated heterocycles. The van der Waals surface area contributed by atoms with Crippen LogP contribution in [-0.2, 0) is 0 Å². The Morgan fingerprint density at radius 2 is 2.28 bits per heavy atom. The van der Waals surface area contributed by atoms with Crippen molar-refractivity contribution in [3.63, 3.8) is 0 Å². The van der Waals surface area contributed by atoms with Crippen LogP contribution in [0.2, 0.25) is 0 Å². The molecule has 3 N–H and O–H groups in total. The van der Waals surface area contributed by atoms with Gasteiger partial charge >= 0.3 is 0 Å².